The van der Waals surface area contributed by atoms with Gasteiger partial charge in [-0.15, -0.1) is 0 Å². The second kappa shape index (κ2) is 7.52. The number of halogens is 3. The molecule has 1 aromatic rings. The molecule has 1 saturated heterocycles. The van der Waals surface area contributed by atoms with E-state index < -0.39 is 30.1 Å². The third kappa shape index (κ3) is 3.54. The maximum atomic E-state index is 14.3. The van der Waals surface area contributed by atoms with Crippen molar-refractivity contribution in [3.8, 4) is 5.75 Å². The third-order valence-corrected chi connectivity index (χ3v) is 7.31. The lowest BCUT2D eigenvalue weighted by atomic mass is 9.75. The van der Waals surface area contributed by atoms with Crippen molar-refractivity contribution in [1.29, 1.82) is 0 Å². The Bertz CT molecular complexity index is 967. The van der Waals surface area contributed by atoms with E-state index in [0.29, 0.717) is 18.6 Å². The van der Waals surface area contributed by atoms with E-state index >= 15 is 0 Å². The lowest BCUT2D eigenvalue weighted by Crippen LogP contribution is -2.41. The molecule has 0 spiro atoms. The topological polar surface area (TPSA) is 54.0 Å². The third-order valence-electron chi connectivity index (χ3n) is 7.31. The highest BCUT2D eigenvalue weighted by molar-refractivity contribution is 6.62. The SMILES string of the molecule is COC1=C(c2c(OC)cc(B3OC(C)(C)C(C)(C)O3)cc2C(F)(F)F)C(=O)C2CCC1C2. The van der Waals surface area contributed by atoms with Crippen LogP contribution in [0.25, 0.3) is 5.57 Å². The van der Waals surface area contributed by atoms with Crippen molar-refractivity contribution in [2.75, 3.05) is 14.2 Å². The van der Waals surface area contributed by atoms with Gasteiger partial charge in [0, 0.05) is 17.4 Å². The van der Waals surface area contributed by atoms with Gasteiger partial charge in [0.25, 0.3) is 0 Å². The summed E-state index contributed by atoms with van der Waals surface area (Å²) in [5.74, 6) is -0.406. The number of carbonyl (C=O) groups excluding carboxylic acids is 1. The Balaban J connectivity index is 1.92. The normalized spacial score (nSPS) is 26.7. The van der Waals surface area contributed by atoms with Gasteiger partial charge < -0.3 is 18.8 Å². The fourth-order valence-electron chi connectivity index (χ4n) is 4.90. The predicted octanol–water partition coefficient (Wildman–Crippen LogP) is 4.37. The first-order valence-corrected chi connectivity index (χ1v) is 10.8. The van der Waals surface area contributed by atoms with E-state index in [9.17, 15) is 18.0 Å². The van der Waals surface area contributed by atoms with Gasteiger partial charge in [0.15, 0.2) is 5.78 Å². The first-order valence-electron chi connectivity index (χ1n) is 10.8. The molecule has 1 saturated carbocycles. The second-order valence-corrected chi connectivity index (χ2v) is 9.75. The van der Waals surface area contributed by atoms with Gasteiger partial charge in [0.2, 0.25) is 0 Å². The minimum atomic E-state index is -4.73. The minimum Gasteiger partial charge on any atom is -0.500 e. The van der Waals surface area contributed by atoms with E-state index in [2.05, 4.69) is 0 Å². The van der Waals surface area contributed by atoms with Crippen LogP contribution in [0.4, 0.5) is 13.2 Å². The Morgan fingerprint density at radius 1 is 1.00 bits per heavy atom. The van der Waals surface area contributed by atoms with Gasteiger partial charge in [-0.05, 0) is 64.6 Å². The molecule has 32 heavy (non-hydrogen) atoms. The van der Waals surface area contributed by atoms with Crippen LogP contribution in [-0.4, -0.2) is 38.3 Å². The molecule has 1 aliphatic heterocycles. The van der Waals surface area contributed by atoms with Crippen LogP contribution >= 0.6 is 0 Å². The van der Waals surface area contributed by atoms with Crippen molar-refractivity contribution in [3.63, 3.8) is 0 Å². The summed E-state index contributed by atoms with van der Waals surface area (Å²) in [6.45, 7) is 7.32. The number of rotatable bonds is 4. The Morgan fingerprint density at radius 3 is 2.12 bits per heavy atom. The highest BCUT2D eigenvalue weighted by Gasteiger charge is 2.53. The lowest BCUT2D eigenvalue weighted by Gasteiger charge is -2.32. The highest BCUT2D eigenvalue weighted by atomic mass is 19.4. The van der Waals surface area contributed by atoms with Gasteiger partial charge in [-0.25, -0.2) is 0 Å². The van der Waals surface area contributed by atoms with Crippen LogP contribution in [0.15, 0.2) is 17.9 Å². The minimum absolute atomic E-state index is 0.0177. The summed E-state index contributed by atoms with van der Waals surface area (Å²) in [6.07, 6.45) is -2.75. The van der Waals surface area contributed by atoms with E-state index in [1.54, 1.807) is 0 Å². The summed E-state index contributed by atoms with van der Waals surface area (Å²) in [6, 6.07) is 2.47. The smallest absolute Gasteiger partial charge is 0.494 e. The van der Waals surface area contributed by atoms with Crippen LogP contribution in [-0.2, 0) is 25.0 Å². The van der Waals surface area contributed by atoms with Crippen LogP contribution < -0.4 is 10.2 Å². The highest BCUT2D eigenvalue weighted by Crippen LogP contribution is 2.50. The standard InChI is InChI=1S/C23H28BF3O5/c1-21(2)22(3,4)32-24(31-21)14-10-15(23(25,26)27)17(16(11-14)29-5)18-19(28)12-7-8-13(9-12)20(18)30-6/h10-13H,7-9H2,1-6H3. The number of fused-ring (bicyclic) bond motifs is 2. The Hall–Kier alpha value is -2.00. The van der Waals surface area contributed by atoms with Crippen molar-refractivity contribution >= 4 is 23.9 Å². The summed E-state index contributed by atoms with van der Waals surface area (Å²) in [4.78, 5) is 13.2. The number of benzene rings is 1. The van der Waals surface area contributed by atoms with Crippen LogP contribution in [0.2, 0.25) is 0 Å². The number of hydrogen-bond acceptors (Lipinski definition) is 5. The molecule has 3 aliphatic rings. The molecule has 0 N–H and O–H groups in total. The van der Waals surface area contributed by atoms with E-state index in [0.717, 1.165) is 12.5 Å². The summed E-state index contributed by atoms with van der Waals surface area (Å²) in [7, 11) is 1.69. The van der Waals surface area contributed by atoms with E-state index in [1.807, 2.05) is 27.7 Å². The molecule has 174 valence electrons. The van der Waals surface area contributed by atoms with Crippen LogP contribution in [0.1, 0.15) is 58.1 Å². The molecule has 2 aliphatic carbocycles. The average molecular weight is 452 g/mol. The lowest BCUT2D eigenvalue weighted by molar-refractivity contribution is -0.137. The molecule has 2 atom stereocenters. The molecule has 1 heterocycles. The van der Waals surface area contributed by atoms with Gasteiger partial charge in [-0.2, -0.15) is 13.2 Å². The fraction of sp³-hybridized carbons (Fsp3) is 0.609. The van der Waals surface area contributed by atoms with Crippen molar-refractivity contribution in [2.45, 2.75) is 64.3 Å². The first-order chi connectivity index (χ1) is 14.8. The van der Waals surface area contributed by atoms with Gasteiger partial charge >= 0.3 is 13.3 Å². The van der Waals surface area contributed by atoms with E-state index in [-0.39, 0.29) is 40.0 Å². The van der Waals surface area contributed by atoms with Crippen molar-refractivity contribution in [1.82, 2.24) is 0 Å². The molecular weight excluding hydrogens is 424 g/mol. The molecular formula is C23H28BF3O5. The number of Topliss-reactive ketones (excluding diaryl/α,β-unsaturated/α-hetero) is 1. The summed E-state index contributed by atoms with van der Waals surface area (Å²) < 4.78 is 65.9. The molecule has 2 unspecified atom stereocenters. The number of ether oxygens (including phenoxy) is 2. The Labute approximate surface area is 186 Å². The number of methoxy groups -OCH3 is 2. The monoisotopic (exact) mass is 452 g/mol. The number of alkyl halides is 3. The molecule has 9 heteroatoms. The zero-order valence-corrected chi connectivity index (χ0v) is 19.2. The van der Waals surface area contributed by atoms with Crippen LogP contribution in [0.3, 0.4) is 0 Å². The van der Waals surface area contributed by atoms with Gasteiger partial charge in [0.1, 0.15) is 11.5 Å². The number of ketones is 1. The molecule has 2 fully saturated rings. The summed E-state index contributed by atoms with van der Waals surface area (Å²) in [5.41, 5.74) is -2.49. The zero-order chi connectivity index (χ0) is 23.6. The Morgan fingerprint density at radius 2 is 1.59 bits per heavy atom. The molecule has 0 radical (unpaired) electrons. The molecule has 0 aromatic heterocycles. The van der Waals surface area contributed by atoms with Crippen LogP contribution in [0, 0.1) is 11.8 Å². The van der Waals surface area contributed by atoms with Gasteiger partial charge in [-0.3, -0.25) is 4.79 Å². The van der Waals surface area contributed by atoms with Crippen LogP contribution in [0.5, 0.6) is 5.75 Å². The van der Waals surface area contributed by atoms with Gasteiger partial charge in [0.05, 0.1) is 36.6 Å². The molecule has 2 bridgehead atoms. The van der Waals surface area contributed by atoms with Crippen molar-refractivity contribution in [2.24, 2.45) is 11.8 Å². The maximum Gasteiger partial charge on any atom is 0.494 e. The first kappa shape index (κ1) is 23.2. The maximum absolute atomic E-state index is 14.3. The summed E-state index contributed by atoms with van der Waals surface area (Å²) >= 11 is 0. The van der Waals surface area contributed by atoms with Gasteiger partial charge in [-0.1, -0.05) is 0 Å². The van der Waals surface area contributed by atoms with Crippen molar-refractivity contribution < 1.29 is 36.7 Å². The number of carbonyl (C=O) groups is 1. The molecule has 1 aromatic carbocycles. The Kier molecular flexibility index (Phi) is 5.44. The predicted molar refractivity (Wildman–Crippen MR) is 113 cm³/mol. The average Bonchev–Trinajstić information content (AvgIpc) is 3.22. The van der Waals surface area contributed by atoms with E-state index in [4.69, 9.17) is 18.8 Å². The molecule has 5 nitrogen and oxygen atoms in total. The van der Waals surface area contributed by atoms with E-state index in [1.165, 1.54) is 20.3 Å². The summed E-state index contributed by atoms with van der Waals surface area (Å²) in [5, 5.41) is 0. The second-order valence-electron chi connectivity index (χ2n) is 9.75. The zero-order valence-electron chi connectivity index (χ0n) is 19.2. The van der Waals surface area contributed by atoms with Crippen molar-refractivity contribution in [3.05, 3.63) is 29.0 Å². The quantitative estimate of drug-likeness (QED) is 0.636. The molecule has 4 rings (SSSR count). The molecule has 0 amide bonds. The fourth-order valence-corrected chi connectivity index (χ4v) is 4.90. The number of allylic oxidation sites excluding steroid dienone is 2. The number of hydrogen-bond donors (Lipinski definition) is 0. The largest absolute Gasteiger partial charge is 0.500 e.